The lowest BCUT2D eigenvalue weighted by Crippen LogP contribution is -2.33. The van der Waals surface area contributed by atoms with Crippen molar-refractivity contribution in [2.75, 3.05) is 11.5 Å². The molecule has 1 atom stereocenters. The van der Waals surface area contributed by atoms with Gasteiger partial charge in [0.25, 0.3) is 5.69 Å². The minimum Gasteiger partial charge on any atom is -0.258 e. The predicted octanol–water partition coefficient (Wildman–Crippen LogP) is 3.06. The summed E-state index contributed by atoms with van der Waals surface area (Å²) in [6.45, 7) is 3.80. The van der Waals surface area contributed by atoms with Crippen LogP contribution in [0.2, 0.25) is 5.02 Å². The number of hydrogen-bond acceptors (Lipinski definition) is 5. The van der Waals surface area contributed by atoms with Gasteiger partial charge in [0.15, 0.2) is 0 Å². The van der Waals surface area contributed by atoms with Gasteiger partial charge in [-0.15, -0.1) is 0 Å². The highest BCUT2D eigenvalue weighted by molar-refractivity contribution is 7.99. The van der Waals surface area contributed by atoms with Crippen molar-refractivity contribution in [3.63, 3.8) is 0 Å². The number of hydrogen-bond donors (Lipinski definition) is 1. The van der Waals surface area contributed by atoms with Crippen molar-refractivity contribution in [1.82, 2.24) is 4.72 Å². The molecule has 0 fully saturated rings. The maximum absolute atomic E-state index is 12.2. The average molecular weight is 353 g/mol. The largest absolute Gasteiger partial charge is 0.289 e. The van der Waals surface area contributed by atoms with E-state index in [1.54, 1.807) is 18.7 Å². The molecule has 0 aromatic heterocycles. The smallest absolute Gasteiger partial charge is 0.258 e. The van der Waals surface area contributed by atoms with Crippen LogP contribution in [0.4, 0.5) is 5.69 Å². The molecule has 0 bridgehead atoms. The lowest BCUT2D eigenvalue weighted by molar-refractivity contribution is -0.384. The van der Waals surface area contributed by atoms with Crippen molar-refractivity contribution in [2.24, 2.45) is 0 Å². The molecular formula is C12H17ClN2O4S2. The molecule has 0 amide bonds. The lowest BCUT2D eigenvalue weighted by atomic mass is 10.3. The van der Waals surface area contributed by atoms with Crippen molar-refractivity contribution in [3.8, 4) is 0 Å². The summed E-state index contributed by atoms with van der Waals surface area (Å²) in [7, 11) is -3.79. The molecule has 0 heterocycles. The quantitative estimate of drug-likeness (QED) is 0.441. The zero-order valence-electron chi connectivity index (χ0n) is 11.7. The molecule has 1 rings (SSSR count). The maximum Gasteiger partial charge on any atom is 0.289 e. The highest BCUT2D eigenvalue weighted by Crippen LogP contribution is 2.27. The number of rotatable bonds is 8. The number of benzene rings is 1. The molecule has 0 aliphatic rings. The van der Waals surface area contributed by atoms with Crippen LogP contribution in [0.15, 0.2) is 23.1 Å². The molecule has 0 radical (unpaired) electrons. The summed E-state index contributed by atoms with van der Waals surface area (Å²) in [5, 5.41) is 10.7. The second-order valence-electron chi connectivity index (χ2n) is 4.38. The first-order chi connectivity index (χ1) is 9.77. The van der Waals surface area contributed by atoms with Crippen LogP contribution < -0.4 is 4.72 Å². The Labute approximate surface area is 133 Å². The highest BCUT2D eigenvalue weighted by atomic mass is 35.5. The Hall–Kier alpha value is -0.830. The van der Waals surface area contributed by atoms with E-state index in [-0.39, 0.29) is 16.0 Å². The van der Waals surface area contributed by atoms with E-state index in [0.29, 0.717) is 6.42 Å². The second-order valence-corrected chi connectivity index (χ2v) is 7.89. The Morgan fingerprint density at radius 1 is 1.48 bits per heavy atom. The van der Waals surface area contributed by atoms with Gasteiger partial charge in [-0.2, -0.15) is 11.8 Å². The number of nitro groups is 1. The van der Waals surface area contributed by atoms with Gasteiger partial charge in [0.2, 0.25) is 10.0 Å². The highest BCUT2D eigenvalue weighted by Gasteiger charge is 2.22. The first-order valence-corrected chi connectivity index (χ1v) is 9.33. The van der Waals surface area contributed by atoms with Gasteiger partial charge < -0.3 is 0 Å². The van der Waals surface area contributed by atoms with E-state index in [2.05, 4.69) is 4.72 Å². The Balaban J connectivity index is 2.88. The van der Waals surface area contributed by atoms with E-state index in [9.17, 15) is 18.5 Å². The molecule has 0 aliphatic heterocycles. The van der Waals surface area contributed by atoms with Gasteiger partial charge in [0.1, 0.15) is 5.02 Å². The molecule has 1 aromatic rings. The van der Waals surface area contributed by atoms with Gasteiger partial charge in [-0.3, -0.25) is 10.1 Å². The van der Waals surface area contributed by atoms with Gasteiger partial charge in [0.05, 0.1) is 9.82 Å². The Morgan fingerprint density at radius 3 is 2.71 bits per heavy atom. The van der Waals surface area contributed by atoms with Crippen molar-refractivity contribution < 1.29 is 13.3 Å². The molecule has 6 nitrogen and oxygen atoms in total. The van der Waals surface area contributed by atoms with Crippen LogP contribution in [0.3, 0.4) is 0 Å². The summed E-state index contributed by atoms with van der Waals surface area (Å²) in [5.74, 6) is 1.82. The van der Waals surface area contributed by atoms with Crippen LogP contribution in [0.5, 0.6) is 0 Å². The summed E-state index contributed by atoms with van der Waals surface area (Å²) < 4.78 is 26.9. The molecule has 0 spiro atoms. The Kier molecular flexibility index (Phi) is 6.92. The van der Waals surface area contributed by atoms with E-state index in [1.165, 1.54) is 12.1 Å². The van der Waals surface area contributed by atoms with Crippen LogP contribution in [0, 0.1) is 10.1 Å². The van der Waals surface area contributed by atoms with Crippen LogP contribution in [0.25, 0.3) is 0 Å². The van der Waals surface area contributed by atoms with Gasteiger partial charge >= 0.3 is 0 Å². The van der Waals surface area contributed by atoms with Gasteiger partial charge in [0, 0.05) is 12.1 Å². The maximum atomic E-state index is 12.2. The standard InChI is InChI=1S/C12H17ClN2O4S2/c1-3-20-7-6-9(2)14-21(18,19)10-4-5-11(13)12(8-10)15(16)17/h4-5,8-9,14H,3,6-7H2,1-2H3. The minimum atomic E-state index is -3.79. The fraction of sp³-hybridized carbons (Fsp3) is 0.500. The van der Waals surface area contributed by atoms with Crippen LogP contribution >= 0.6 is 23.4 Å². The van der Waals surface area contributed by atoms with Gasteiger partial charge in [-0.25, -0.2) is 13.1 Å². The SMILES string of the molecule is CCSCCC(C)NS(=O)(=O)c1ccc(Cl)c([N+](=O)[O-])c1. The molecule has 21 heavy (non-hydrogen) atoms. The molecule has 0 aliphatic carbocycles. The first-order valence-electron chi connectivity index (χ1n) is 6.32. The minimum absolute atomic E-state index is 0.0913. The number of nitrogens with zero attached hydrogens (tertiary/aromatic N) is 1. The topological polar surface area (TPSA) is 89.3 Å². The van der Waals surface area contributed by atoms with Crippen molar-refractivity contribution in [1.29, 1.82) is 0 Å². The van der Waals surface area contributed by atoms with E-state index in [1.807, 2.05) is 6.92 Å². The fourth-order valence-corrected chi connectivity index (χ4v) is 3.89. The van der Waals surface area contributed by atoms with Gasteiger partial charge in [-0.05, 0) is 37.0 Å². The number of nitro benzene ring substituents is 1. The van der Waals surface area contributed by atoms with Crippen LogP contribution in [-0.4, -0.2) is 30.9 Å². The summed E-state index contributed by atoms with van der Waals surface area (Å²) in [6.07, 6.45) is 0.688. The number of nitrogens with one attached hydrogen (secondary N) is 1. The van der Waals surface area contributed by atoms with Crippen molar-refractivity contribution in [3.05, 3.63) is 33.3 Å². The molecule has 0 saturated heterocycles. The summed E-state index contributed by atoms with van der Waals surface area (Å²) in [6, 6.07) is 3.19. The number of halogens is 1. The van der Waals surface area contributed by atoms with Crippen molar-refractivity contribution >= 4 is 39.1 Å². The second kappa shape index (κ2) is 7.98. The predicted molar refractivity (Wildman–Crippen MR) is 85.5 cm³/mol. The number of sulfonamides is 1. The zero-order chi connectivity index (χ0) is 16.0. The summed E-state index contributed by atoms with van der Waals surface area (Å²) >= 11 is 7.40. The molecule has 0 saturated carbocycles. The molecule has 9 heteroatoms. The zero-order valence-corrected chi connectivity index (χ0v) is 14.1. The fourth-order valence-electron chi connectivity index (χ4n) is 1.60. The Bertz CT molecular complexity index is 607. The molecule has 118 valence electrons. The van der Waals surface area contributed by atoms with Gasteiger partial charge in [-0.1, -0.05) is 18.5 Å². The van der Waals surface area contributed by atoms with E-state index < -0.39 is 20.6 Å². The van der Waals surface area contributed by atoms with Crippen LogP contribution in [0.1, 0.15) is 20.3 Å². The average Bonchev–Trinajstić information content (AvgIpc) is 2.38. The van der Waals surface area contributed by atoms with E-state index in [0.717, 1.165) is 17.6 Å². The third-order valence-corrected chi connectivity index (χ3v) is 5.52. The van der Waals surface area contributed by atoms with E-state index >= 15 is 0 Å². The molecule has 1 N–H and O–H groups in total. The first kappa shape index (κ1) is 18.2. The number of thioether (sulfide) groups is 1. The van der Waals surface area contributed by atoms with E-state index in [4.69, 9.17) is 11.6 Å². The molecule has 1 aromatic carbocycles. The monoisotopic (exact) mass is 352 g/mol. The normalized spacial score (nSPS) is 13.1. The third kappa shape index (κ3) is 5.46. The molecular weight excluding hydrogens is 336 g/mol. The summed E-state index contributed by atoms with van der Waals surface area (Å²) in [4.78, 5) is 9.94. The Morgan fingerprint density at radius 2 is 2.14 bits per heavy atom. The summed E-state index contributed by atoms with van der Waals surface area (Å²) in [5.41, 5.74) is -0.422. The third-order valence-electron chi connectivity index (χ3n) is 2.68. The molecule has 1 unspecified atom stereocenters. The lowest BCUT2D eigenvalue weighted by Gasteiger charge is -2.14. The van der Waals surface area contributed by atoms with Crippen molar-refractivity contribution in [2.45, 2.75) is 31.2 Å². The van der Waals surface area contributed by atoms with Crippen LogP contribution in [-0.2, 0) is 10.0 Å².